The van der Waals surface area contributed by atoms with E-state index in [1.807, 2.05) is 13.8 Å². The summed E-state index contributed by atoms with van der Waals surface area (Å²) >= 11 is 5.89. The number of hydrogen-bond acceptors (Lipinski definition) is 3. The number of halogens is 1. The van der Waals surface area contributed by atoms with E-state index in [9.17, 15) is 4.79 Å². The highest BCUT2D eigenvalue weighted by Crippen LogP contribution is 2.19. The third-order valence-corrected chi connectivity index (χ3v) is 2.86. The van der Waals surface area contributed by atoms with Crippen molar-refractivity contribution in [2.75, 3.05) is 13.2 Å². The Kier molecular flexibility index (Phi) is 4.90. The van der Waals surface area contributed by atoms with E-state index in [4.69, 9.17) is 16.7 Å². The fraction of sp³-hybridized carbons (Fsp3) is 0.500. The van der Waals surface area contributed by atoms with Crippen LogP contribution in [-0.4, -0.2) is 29.1 Å². The normalized spacial score (nSPS) is 11.3. The molecule has 1 heterocycles. The SMILES string of the molecule is CC(C)(CCO)CNC(=O)c1cnccc1Cl. The Morgan fingerprint density at radius 2 is 2.29 bits per heavy atom. The highest BCUT2D eigenvalue weighted by atomic mass is 35.5. The number of nitrogens with one attached hydrogen (secondary N) is 1. The number of pyridine rings is 1. The minimum absolute atomic E-state index is 0.108. The second kappa shape index (κ2) is 5.98. The van der Waals surface area contributed by atoms with E-state index >= 15 is 0 Å². The van der Waals surface area contributed by atoms with E-state index in [-0.39, 0.29) is 17.9 Å². The molecule has 94 valence electrons. The monoisotopic (exact) mass is 256 g/mol. The van der Waals surface area contributed by atoms with E-state index in [0.717, 1.165) is 0 Å². The largest absolute Gasteiger partial charge is 0.396 e. The van der Waals surface area contributed by atoms with E-state index in [1.165, 1.54) is 12.4 Å². The van der Waals surface area contributed by atoms with Crippen LogP contribution in [-0.2, 0) is 0 Å². The molecule has 0 saturated carbocycles. The molecule has 0 radical (unpaired) electrons. The van der Waals surface area contributed by atoms with Crippen molar-refractivity contribution < 1.29 is 9.90 Å². The van der Waals surface area contributed by atoms with Gasteiger partial charge in [-0.1, -0.05) is 25.4 Å². The lowest BCUT2D eigenvalue weighted by Gasteiger charge is -2.23. The smallest absolute Gasteiger partial charge is 0.254 e. The van der Waals surface area contributed by atoms with Gasteiger partial charge in [0.25, 0.3) is 5.91 Å². The van der Waals surface area contributed by atoms with Crippen molar-refractivity contribution in [1.82, 2.24) is 10.3 Å². The first-order valence-electron chi connectivity index (χ1n) is 5.45. The van der Waals surface area contributed by atoms with Crippen molar-refractivity contribution in [3.05, 3.63) is 29.0 Å². The van der Waals surface area contributed by atoms with Crippen molar-refractivity contribution in [1.29, 1.82) is 0 Å². The van der Waals surface area contributed by atoms with Crippen LogP contribution in [0.1, 0.15) is 30.6 Å². The summed E-state index contributed by atoms with van der Waals surface area (Å²) in [5.74, 6) is -0.242. The zero-order chi connectivity index (χ0) is 12.9. The molecule has 1 aromatic rings. The molecule has 0 fully saturated rings. The number of hydrogen-bond donors (Lipinski definition) is 2. The second-order valence-electron chi connectivity index (χ2n) is 4.68. The first kappa shape index (κ1) is 13.9. The van der Waals surface area contributed by atoms with Crippen LogP contribution >= 0.6 is 11.6 Å². The number of aliphatic hydroxyl groups excluding tert-OH is 1. The number of aromatic nitrogens is 1. The third kappa shape index (κ3) is 4.32. The Hall–Kier alpha value is -1.13. The fourth-order valence-electron chi connectivity index (χ4n) is 1.35. The quantitative estimate of drug-likeness (QED) is 0.846. The van der Waals surface area contributed by atoms with Gasteiger partial charge in [0.1, 0.15) is 0 Å². The lowest BCUT2D eigenvalue weighted by molar-refractivity contribution is 0.0928. The summed E-state index contributed by atoms with van der Waals surface area (Å²) in [5, 5.41) is 12.1. The molecule has 4 nitrogen and oxygen atoms in total. The van der Waals surface area contributed by atoms with Crippen molar-refractivity contribution in [2.45, 2.75) is 20.3 Å². The van der Waals surface area contributed by atoms with Crippen LogP contribution in [0.2, 0.25) is 5.02 Å². The zero-order valence-corrected chi connectivity index (χ0v) is 10.8. The maximum absolute atomic E-state index is 11.8. The van der Waals surface area contributed by atoms with Gasteiger partial charge in [0, 0.05) is 25.5 Å². The first-order chi connectivity index (χ1) is 7.96. The van der Waals surface area contributed by atoms with Crippen LogP contribution in [0.5, 0.6) is 0 Å². The van der Waals surface area contributed by atoms with Gasteiger partial charge >= 0.3 is 0 Å². The predicted octanol–water partition coefficient (Wildman–Crippen LogP) is 1.87. The van der Waals surface area contributed by atoms with Gasteiger partial charge in [-0.3, -0.25) is 9.78 Å². The molecule has 0 bridgehead atoms. The molecule has 5 heteroatoms. The van der Waals surface area contributed by atoms with Gasteiger partial charge in [-0.05, 0) is 17.9 Å². The van der Waals surface area contributed by atoms with Gasteiger partial charge in [-0.15, -0.1) is 0 Å². The van der Waals surface area contributed by atoms with Crippen LogP contribution < -0.4 is 5.32 Å². The van der Waals surface area contributed by atoms with Gasteiger partial charge in [-0.25, -0.2) is 0 Å². The Morgan fingerprint density at radius 3 is 2.88 bits per heavy atom. The average Bonchev–Trinajstić information content (AvgIpc) is 2.27. The van der Waals surface area contributed by atoms with Crippen LogP contribution in [0.4, 0.5) is 0 Å². The molecular weight excluding hydrogens is 240 g/mol. The minimum Gasteiger partial charge on any atom is -0.396 e. The number of aliphatic hydroxyl groups is 1. The second-order valence-corrected chi connectivity index (χ2v) is 5.08. The van der Waals surface area contributed by atoms with Gasteiger partial charge < -0.3 is 10.4 Å². The van der Waals surface area contributed by atoms with Crippen molar-refractivity contribution >= 4 is 17.5 Å². The van der Waals surface area contributed by atoms with Crippen molar-refractivity contribution in [2.24, 2.45) is 5.41 Å². The van der Waals surface area contributed by atoms with Gasteiger partial charge in [0.05, 0.1) is 10.6 Å². The molecular formula is C12H17ClN2O2. The first-order valence-corrected chi connectivity index (χ1v) is 5.83. The number of nitrogens with zero attached hydrogens (tertiary/aromatic N) is 1. The number of amides is 1. The average molecular weight is 257 g/mol. The third-order valence-electron chi connectivity index (χ3n) is 2.53. The Morgan fingerprint density at radius 1 is 1.59 bits per heavy atom. The number of carbonyl (C=O) groups excluding carboxylic acids is 1. The summed E-state index contributed by atoms with van der Waals surface area (Å²) in [6, 6.07) is 1.58. The van der Waals surface area contributed by atoms with Gasteiger partial charge in [-0.2, -0.15) is 0 Å². The van der Waals surface area contributed by atoms with E-state index < -0.39 is 0 Å². The zero-order valence-electron chi connectivity index (χ0n) is 10.0. The lowest BCUT2D eigenvalue weighted by Crippen LogP contribution is -2.34. The van der Waals surface area contributed by atoms with Crippen molar-refractivity contribution in [3.63, 3.8) is 0 Å². The maximum Gasteiger partial charge on any atom is 0.254 e. The van der Waals surface area contributed by atoms with Crippen LogP contribution in [0.3, 0.4) is 0 Å². The highest BCUT2D eigenvalue weighted by Gasteiger charge is 2.19. The molecule has 0 aliphatic carbocycles. The molecule has 1 rings (SSSR count). The molecule has 1 amide bonds. The molecule has 0 spiro atoms. The lowest BCUT2D eigenvalue weighted by atomic mass is 9.90. The summed E-state index contributed by atoms with van der Waals surface area (Å²) in [7, 11) is 0. The molecule has 0 saturated heterocycles. The molecule has 1 aromatic heterocycles. The highest BCUT2D eigenvalue weighted by molar-refractivity contribution is 6.33. The number of carbonyl (C=O) groups is 1. The number of rotatable bonds is 5. The van der Waals surface area contributed by atoms with Gasteiger partial charge in [0.2, 0.25) is 0 Å². The summed E-state index contributed by atoms with van der Waals surface area (Å²) in [6.07, 6.45) is 3.61. The Bertz CT molecular complexity index is 394. The maximum atomic E-state index is 11.8. The van der Waals surface area contributed by atoms with Crippen LogP contribution in [0.15, 0.2) is 18.5 Å². The van der Waals surface area contributed by atoms with Gasteiger partial charge in [0.15, 0.2) is 0 Å². The van der Waals surface area contributed by atoms with Crippen LogP contribution in [0.25, 0.3) is 0 Å². The summed E-state index contributed by atoms with van der Waals surface area (Å²) in [4.78, 5) is 15.7. The molecule has 2 N–H and O–H groups in total. The molecule has 0 aliphatic heterocycles. The predicted molar refractivity (Wildman–Crippen MR) is 67.1 cm³/mol. The minimum atomic E-state index is -0.242. The summed E-state index contributed by atoms with van der Waals surface area (Å²) in [5.41, 5.74) is 0.230. The van der Waals surface area contributed by atoms with E-state index in [2.05, 4.69) is 10.3 Å². The Balaban J connectivity index is 2.59. The molecule has 0 aliphatic rings. The van der Waals surface area contributed by atoms with E-state index in [0.29, 0.717) is 23.6 Å². The molecule has 0 unspecified atom stereocenters. The summed E-state index contributed by atoms with van der Waals surface area (Å²) < 4.78 is 0. The molecule has 0 atom stereocenters. The topological polar surface area (TPSA) is 62.2 Å². The standard InChI is InChI=1S/C12H17ClN2O2/c1-12(2,4-6-16)8-15-11(17)9-7-14-5-3-10(9)13/h3,5,7,16H,4,6,8H2,1-2H3,(H,15,17). The van der Waals surface area contributed by atoms with Crippen molar-refractivity contribution in [3.8, 4) is 0 Å². The molecule has 17 heavy (non-hydrogen) atoms. The molecule has 0 aromatic carbocycles. The Labute approximate surface area is 106 Å². The summed E-state index contributed by atoms with van der Waals surface area (Å²) in [6.45, 7) is 4.55. The van der Waals surface area contributed by atoms with Crippen LogP contribution in [0, 0.1) is 5.41 Å². The van der Waals surface area contributed by atoms with E-state index in [1.54, 1.807) is 6.07 Å². The fourth-order valence-corrected chi connectivity index (χ4v) is 1.54.